The molecule has 1 rings (SSSR count). The predicted octanol–water partition coefficient (Wildman–Crippen LogP) is -0.255. The summed E-state index contributed by atoms with van der Waals surface area (Å²) in [5, 5.41) is 26.2. The van der Waals surface area contributed by atoms with Crippen molar-refractivity contribution in [2.75, 3.05) is 6.54 Å². The van der Waals surface area contributed by atoms with Crippen molar-refractivity contribution in [1.82, 2.24) is 16.0 Å². The van der Waals surface area contributed by atoms with Gasteiger partial charge in [0.05, 0.1) is 6.04 Å². The minimum Gasteiger partial charge on any atom is -0.481 e. The van der Waals surface area contributed by atoms with Gasteiger partial charge in [-0.15, -0.1) is 0 Å². The Kier molecular flexibility index (Phi) is 13.9. The molecule has 12 heteroatoms. The Labute approximate surface area is 216 Å². The number of hydrogen-bond donors (Lipinski definition) is 7. The summed E-state index contributed by atoms with van der Waals surface area (Å²) >= 11 is 0. The molecule has 0 spiro atoms. The molecule has 0 saturated carbocycles. The standard InChI is InChI=1S/C25H39N5O7/c1-15(2)21(27)24(35)29-18(11-12-20(31)32)23(34)28-17(10-6-7-13-26)22(33)30-19(25(36)37)14-16-8-4-3-5-9-16/h3-5,8-9,15,17-19,21H,6-7,10-14,26-27H2,1-2H3,(H,28,34)(H,29,35)(H,30,33)(H,31,32)(H,36,37)/t17-,18-,19-,21-/m0/s1. The summed E-state index contributed by atoms with van der Waals surface area (Å²) in [4.78, 5) is 61.5. The molecule has 0 radical (unpaired) electrons. The number of rotatable bonds is 17. The van der Waals surface area contributed by atoms with E-state index in [9.17, 15) is 29.1 Å². The number of nitrogens with one attached hydrogen (secondary N) is 3. The van der Waals surface area contributed by atoms with Crippen molar-refractivity contribution >= 4 is 29.7 Å². The molecule has 0 aliphatic heterocycles. The maximum atomic E-state index is 13.1. The van der Waals surface area contributed by atoms with Crippen LogP contribution in [0.3, 0.4) is 0 Å². The number of nitrogens with two attached hydrogens (primary N) is 2. The number of carbonyl (C=O) groups is 5. The molecule has 9 N–H and O–H groups in total. The largest absolute Gasteiger partial charge is 0.481 e. The van der Waals surface area contributed by atoms with Gasteiger partial charge in [-0.1, -0.05) is 44.2 Å². The first-order chi connectivity index (χ1) is 17.5. The molecule has 0 fully saturated rings. The second-order valence-electron chi connectivity index (χ2n) is 9.20. The maximum Gasteiger partial charge on any atom is 0.326 e. The summed E-state index contributed by atoms with van der Waals surface area (Å²) in [7, 11) is 0. The predicted molar refractivity (Wildman–Crippen MR) is 136 cm³/mol. The highest BCUT2D eigenvalue weighted by Gasteiger charge is 2.31. The van der Waals surface area contributed by atoms with Crippen LogP contribution in [-0.2, 0) is 30.4 Å². The first kappa shape index (κ1) is 31.5. The third kappa shape index (κ3) is 11.8. The number of benzene rings is 1. The third-order valence-electron chi connectivity index (χ3n) is 5.78. The quantitative estimate of drug-likeness (QED) is 0.134. The number of hydrogen-bond acceptors (Lipinski definition) is 7. The molecule has 0 unspecified atom stereocenters. The van der Waals surface area contributed by atoms with Gasteiger partial charge in [-0.25, -0.2) is 4.79 Å². The average molecular weight is 522 g/mol. The first-order valence-corrected chi connectivity index (χ1v) is 12.3. The molecule has 0 bridgehead atoms. The number of carboxylic acids is 2. The molecule has 1 aromatic carbocycles. The maximum absolute atomic E-state index is 13.1. The van der Waals surface area contributed by atoms with E-state index in [0.717, 1.165) is 0 Å². The van der Waals surface area contributed by atoms with Crippen molar-refractivity contribution in [1.29, 1.82) is 0 Å². The van der Waals surface area contributed by atoms with Gasteiger partial charge in [0.15, 0.2) is 0 Å². The van der Waals surface area contributed by atoms with E-state index in [2.05, 4.69) is 16.0 Å². The molecule has 0 aliphatic rings. The van der Waals surface area contributed by atoms with Gasteiger partial charge in [0.2, 0.25) is 17.7 Å². The van der Waals surface area contributed by atoms with Gasteiger partial charge in [0.1, 0.15) is 18.1 Å². The lowest BCUT2D eigenvalue weighted by Gasteiger charge is -2.25. The van der Waals surface area contributed by atoms with E-state index in [1.165, 1.54) is 0 Å². The normalized spacial score (nSPS) is 14.2. The molecule has 1 aromatic rings. The molecule has 0 aromatic heterocycles. The molecule has 3 amide bonds. The second kappa shape index (κ2) is 16.3. The summed E-state index contributed by atoms with van der Waals surface area (Å²) in [6.07, 6.45) is 0.607. The minimum absolute atomic E-state index is 0.0375. The van der Waals surface area contributed by atoms with Gasteiger partial charge in [0, 0.05) is 12.8 Å². The van der Waals surface area contributed by atoms with Crippen LogP contribution in [0.1, 0.15) is 51.5 Å². The Morgan fingerprint density at radius 3 is 1.86 bits per heavy atom. The van der Waals surface area contributed by atoms with Crippen LogP contribution in [0, 0.1) is 5.92 Å². The Morgan fingerprint density at radius 1 is 0.811 bits per heavy atom. The molecule has 12 nitrogen and oxygen atoms in total. The van der Waals surface area contributed by atoms with Crippen molar-refractivity contribution in [3.63, 3.8) is 0 Å². The number of amides is 3. The van der Waals surface area contributed by atoms with Gasteiger partial charge in [-0.3, -0.25) is 19.2 Å². The van der Waals surface area contributed by atoms with E-state index < -0.39 is 60.2 Å². The highest BCUT2D eigenvalue weighted by molar-refractivity contribution is 5.94. The van der Waals surface area contributed by atoms with Crippen LogP contribution in [0.2, 0.25) is 0 Å². The Bertz CT molecular complexity index is 910. The number of carbonyl (C=O) groups excluding carboxylic acids is 3. The highest BCUT2D eigenvalue weighted by atomic mass is 16.4. The SMILES string of the molecule is CC(C)[C@H](N)C(=O)N[C@@H](CCC(=O)O)C(=O)N[C@@H](CCCCN)C(=O)N[C@@H](Cc1ccccc1)C(=O)O. The van der Waals surface area contributed by atoms with E-state index in [1.807, 2.05) is 0 Å². The fourth-order valence-electron chi connectivity index (χ4n) is 3.46. The zero-order chi connectivity index (χ0) is 28.0. The van der Waals surface area contributed by atoms with Crippen molar-refractivity contribution in [3.8, 4) is 0 Å². The highest BCUT2D eigenvalue weighted by Crippen LogP contribution is 2.08. The van der Waals surface area contributed by atoms with E-state index in [1.54, 1.807) is 44.2 Å². The molecule has 0 saturated heterocycles. The fourth-order valence-corrected chi connectivity index (χ4v) is 3.46. The lowest BCUT2D eigenvalue weighted by Crippen LogP contribution is -2.57. The zero-order valence-corrected chi connectivity index (χ0v) is 21.3. The van der Waals surface area contributed by atoms with E-state index >= 15 is 0 Å². The second-order valence-corrected chi connectivity index (χ2v) is 9.20. The summed E-state index contributed by atoms with van der Waals surface area (Å²) in [5.41, 5.74) is 12.1. The third-order valence-corrected chi connectivity index (χ3v) is 5.78. The summed E-state index contributed by atoms with van der Waals surface area (Å²) < 4.78 is 0. The zero-order valence-electron chi connectivity index (χ0n) is 21.3. The van der Waals surface area contributed by atoms with Gasteiger partial charge in [-0.05, 0) is 43.7 Å². The van der Waals surface area contributed by atoms with Crippen molar-refractivity contribution in [3.05, 3.63) is 35.9 Å². The van der Waals surface area contributed by atoms with Gasteiger partial charge < -0.3 is 37.6 Å². The van der Waals surface area contributed by atoms with E-state index in [4.69, 9.17) is 16.6 Å². The average Bonchev–Trinajstić information content (AvgIpc) is 2.85. The number of unbranched alkanes of at least 4 members (excludes halogenated alkanes) is 1. The molecular weight excluding hydrogens is 482 g/mol. The number of carboxylic acid groups (broad SMARTS) is 2. The van der Waals surface area contributed by atoms with Crippen LogP contribution in [0.25, 0.3) is 0 Å². The molecular formula is C25H39N5O7. The van der Waals surface area contributed by atoms with Crippen LogP contribution in [0.5, 0.6) is 0 Å². The van der Waals surface area contributed by atoms with Crippen LogP contribution < -0.4 is 27.4 Å². The lowest BCUT2D eigenvalue weighted by atomic mass is 10.0. The molecule has 0 aliphatic carbocycles. The van der Waals surface area contributed by atoms with E-state index in [-0.39, 0.29) is 25.2 Å². The fraction of sp³-hybridized carbons (Fsp3) is 0.560. The summed E-state index contributed by atoms with van der Waals surface area (Å²) in [6.45, 7) is 3.81. The Morgan fingerprint density at radius 2 is 1.35 bits per heavy atom. The van der Waals surface area contributed by atoms with Gasteiger partial charge in [-0.2, -0.15) is 0 Å². The van der Waals surface area contributed by atoms with Crippen molar-refractivity contribution < 1.29 is 34.2 Å². The topological polar surface area (TPSA) is 214 Å². The Hall–Kier alpha value is -3.51. The Balaban J connectivity index is 3.04. The van der Waals surface area contributed by atoms with Crippen LogP contribution in [0.15, 0.2) is 30.3 Å². The number of aliphatic carboxylic acids is 2. The molecule has 37 heavy (non-hydrogen) atoms. The van der Waals surface area contributed by atoms with E-state index in [0.29, 0.717) is 24.9 Å². The smallest absolute Gasteiger partial charge is 0.326 e. The monoisotopic (exact) mass is 521 g/mol. The summed E-state index contributed by atoms with van der Waals surface area (Å²) in [6, 6.07) is 4.23. The van der Waals surface area contributed by atoms with Crippen LogP contribution in [0.4, 0.5) is 0 Å². The first-order valence-electron chi connectivity index (χ1n) is 12.3. The molecule has 0 heterocycles. The van der Waals surface area contributed by atoms with Crippen molar-refractivity contribution in [2.24, 2.45) is 17.4 Å². The van der Waals surface area contributed by atoms with Crippen molar-refractivity contribution in [2.45, 2.75) is 76.5 Å². The lowest BCUT2D eigenvalue weighted by molar-refractivity contribution is -0.142. The molecule has 206 valence electrons. The van der Waals surface area contributed by atoms with Gasteiger partial charge in [0.25, 0.3) is 0 Å². The summed E-state index contributed by atoms with van der Waals surface area (Å²) in [5.74, 6) is -4.74. The molecule has 4 atom stereocenters. The van der Waals surface area contributed by atoms with Gasteiger partial charge >= 0.3 is 11.9 Å². The van der Waals surface area contributed by atoms with Crippen LogP contribution in [-0.4, -0.2) is 70.6 Å². The minimum atomic E-state index is -1.25. The van der Waals surface area contributed by atoms with Crippen LogP contribution >= 0.6 is 0 Å².